The molecule has 3 rings (SSSR count). The summed E-state index contributed by atoms with van der Waals surface area (Å²) >= 11 is 1.17. The van der Waals surface area contributed by atoms with Gasteiger partial charge in [-0.05, 0) is 23.9 Å². The zero-order valence-electron chi connectivity index (χ0n) is 9.83. The second-order valence-corrected chi connectivity index (χ2v) is 5.29. The van der Waals surface area contributed by atoms with E-state index in [2.05, 4.69) is 11.1 Å². The molecule has 0 saturated heterocycles. The molecule has 1 aromatic rings. The molecule has 0 amide bonds. The zero-order valence-corrected chi connectivity index (χ0v) is 10.6. The maximum atomic E-state index is 9.29. The molecule has 2 aliphatic heterocycles. The molecule has 2 heterocycles. The zero-order chi connectivity index (χ0) is 13.5. The van der Waals surface area contributed by atoms with Crippen molar-refractivity contribution in [3.8, 4) is 11.8 Å². The first kappa shape index (κ1) is 11.7. The summed E-state index contributed by atoms with van der Waals surface area (Å²) in [6, 6.07) is 9.63. The predicted molar refractivity (Wildman–Crippen MR) is 74.9 cm³/mol. The molecule has 19 heavy (non-hydrogen) atoms. The van der Waals surface area contributed by atoms with Crippen LogP contribution in [0.2, 0.25) is 0 Å². The molecule has 0 bridgehead atoms. The van der Waals surface area contributed by atoms with Crippen molar-refractivity contribution in [1.82, 2.24) is 0 Å². The Bertz CT molecular complexity index is 686. The molecule has 0 aromatic heterocycles. The SMILES string of the molecule is N#CC1=C(N)N=C(N)SC12C=Cc1ccccc1O2. The number of aliphatic imine (C=N–C) groups is 1. The standard InChI is InChI=1S/C13H10N4OS/c14-7-9-11(15)17-12(16)19-13(9)6-5-8-3-1-2-4-10(8)18-13/h1-6H,15H2,(H2,16,17). The molecule has 6 heteroatoms. The fourth-order valence-corrected chi connectivity index (χ4v) is 2.99. The summed E-state index contributed by atoms with van der Waals surface area (Å²) < 4.78 is 5.96. The Balaban J connectivity index is 2.13. The number of para-hydroxylation sites is 1. The van der Waals surface area contributed by atoms with Crippen molar-refractivity contribution in [3.05, 3.63) is 47.3 Å². The Hall–Kier alpha value is -2.39. The van der Waals surface area contributed by atoms with Crippen molar-refractivity contribution in [1.29, 1.82) is 5.26 Å². The lowest BCUT2D eigenvalue weighted by atomic mass is 10.0. The van der Waals surface area contributed by atoms with E-state index < -0.39 is 4.93 Å². The van der Waals surface area contributed by atoms with E-state index in [1.165, 1.54) is 11.8 Å². The van der Waals surface area contributed by atoms with Gasteiger partial charge in [0.05, 0.1) is 0 Å². The predicted octanol–water partition coefficient (Wildman–Crippen LogP) is 1.54. The number of hydrogen-bond acceptors (Lipinski definition) is 6. The lowest BCUT2D eigenvalue weighted by Crippen LogP contribution is -2.40. The molecule has 0 radical (unpaired) electrons. The average Bonchev–Trinajstić information content (AvgIpc) is 2.38. The Morgan fingerprint density at radius 2 is 2.11 bits per heavy atom. The van der Waals surface area contributed by atoms with Gasteiger partial charge in [0, 0.05) is 5.56 Å². The molecule has 1 aromatic carbocycles. The molecule has 0 fully saturated rings. The first-order valence-electron chi connectivity index (χ1n) is 5.55. The number of nitrogens with zero attached hydrogens (tertiary/aromatic N) is 2. The number of amidine groups is 1. The van der Waals surface area contributed by atoms with Gasteiger partial charge in [-0.25, -0.2) is 4.99 Å². The Kier molecular flexibility index (Phi) is 2.50. The van der Waals surface area contributed by atoms with Crippen molar-refractivity contribution in [2.45, 2.75) is 4.93 Å². The maximum Gasteiger partial charge on any atom is 0.219 e. The van der Waals surface area contributed by atoms with Crippen LogP contribution in [0.15, 0.2) is 46.7 Å². The van der Waals surface area contributed by atoms with Crippen molar-refractivity contribution >= 4 is 23.0 Å². The fraction of sp³-hybridized carbons (Fsp3) is 0.0769. The van der Waals surface area contributed by atoms with E-state index in [0.29, 0.717) is 5.75 Å². The molecule has 1 atom stereocenters. The molecule has 1 unspecified atom stereocenters. The van der Waals surface area contributed by atoms with Crippen LogP contribution in [0.4, 0.5) is 0 Å². The van der Waals surface area contributed by atoms with E-state index in [-0.39, 0.29) is 16.6 Å². The second kappa shape index (κ2) is 4.07. The summed E-state index contributed by atoms with van der Waals surface area (Å²) in [4.78, 5) is 2.90. The second-order valence-electron chi connectivity index (χ2n) is 4.06. The third kappa shape index (κ3) is 1.75. The van der Waals surface area contributed by atoms with Gasteiger partial charge in [-0.3, -0.25) is 0 Å². The molecular weight excluding hydrogens is 260 g/mol. The quantitative estimate of drug-likeness (QED) is 0.745. The van der Waals surface area contributed by atoms with Gasteiger partial charge < -0.3 is 16.2 Å². The third-order valence-electron chi connectivity index (χ3n) is 2.87. The van der Waals surface area contributed by atoms with Gasteiger partial charge in [-0.15, -0.1) is 0 Å². The minimum atomic E-state index is -1.01. The van der Waals surface area contributed by atoms with Crippen LogP contribution in [0.25, 0.3) is 6.08 Å². The summed E-state index contributed by atoms with van der Waals surface area (Å²) in [5, 5.41) is 9.57. The van der Waals surface area contributed by atoms with Crippen LogP contribution >= 0.6 is 11.8 Å². The number of benzene rings is 1. The number of hydrogen-bond donors (Lipinski definition) is 2. The molecule has 2 aliphatic rings. The minimum Gasteiger partial charge on any atom is -0.467 e. The average molecular weight is 270 g/mol. The smallest absolute Gasteiger partial charge is 0.219 e. The number of ether oxygens (including phenoxy) is 1. The molecule has 0 aliphatic carbocycles. The molecular formula is C13H10N4OS. The number of thioether (sulfide) groups is 1. The Morgan fingerprint density at radius 3 is 2.89 bits per heavy atom. The maximum absolute atomic E-state index is 9.29. The van der Waals surface area contributed by atoms with Crippen LogP contribution in [-0.4, -0.2) is 10.1 Å². The van der Waals surface area contributed by atoms with E-state index in [4.69, 9.17) is 16.2 Å². The summed E-state index contributed by atoms with van der Waals surface area (Å²) in [6.07, 6.45) is 3.68. The van der Waals surface area contributed by atoms with Crippen LogP contribution in [-0.2, 0) is 0 Å². The first-order valence-corrected chi connectivity index (χ1v) is 6.37. The van der Waals surface area contributed by atoms with Gasteiger partial charge in [0.25, 0.3) is 0 Å². The highest BCUT2D eigenvalue weighted by Gasteiger charge is 2.43. The molecule has 94 valence electrons. The van der Waals surface area contributed by atoms with Gasteiger partial charge in [0.1, 0.15) is 23.2 Å². The highest BCUT2D eigenvalue weighted by atomic mass is 32.2. The molecule has 0 saturated carbocycles. The van der Waals surface area contributed by atoms with Gasteiger partial charge >= 0.3 is 0 Å². The summed E-state index contributed by atoms with van der Waals surface area (Å²) in [6.45, 7) is 0. The van der Waals surface area contributed by atoms with Crippen LogP contribution in [0.3, 0.4) is 0 Å². The summed E-state index contributed by atoms with van der Waals surface area (Å²) in [5.41, 5.74) is 12.7. The Labute approximate surface area is 114 Å². The molecule has 1 spiro atoms. The number of nitriles is 1. The first-order chi connectivity index (χ1) is 9.14. The monoisotopic (exact) mass is 270 g/mol. The Morgan fingerprint density at radius 1 is 1.32 bits per heavy atom. The van der Waals surface area contributed by atoms with Gasteiger partial charge in [-0.2, -0.15) is 5.26 Å². The largest absolute Gasteiger partial charge is 0.467 e. The lowest BCUT2D eigenvalue weighted by molar-refractivity contribution is 0.252. The topological polar surface area (TPSA) is 97.4 Å². The minimum absolute atomic E-state index is 0.0998. The van der Waals surface area contributed by atoms with Crippen LogP contribution < -0.4 is 16.2 Å². The van der Waals surface area contributed by atoms with Crippen molar-refractivity contribution < 1.29 is 4.74 Å². The van der Waals surface area contributed by atoms with E-state index in [1.54, 1.807) is 6.08 Å². The van der Waals surface area contributed by atoms with E-state index >= 15 is 0 Å². The highest BCUT2D eigenvalue weighted by molar-refractivity contribution is 8.15. The number of nitrogens with two attached hydrogens (primary N) is 2. The molecule has 5 nitrogen and oxygen atoms in total. The number of fused-ring (bicyclic) bond motifs is 1. The van der Waals surface area contributed by atoms with E-state index in [9.17, 15) is 5.26 Å². The van der Waals surface area contributed by atoms with Crippen molar-refractivity contribution in [3.63, 3.8) is 0 Å². The number of rotatable bonds is 0. The lowest BCUT2D eigenvalue weighted by Gasteiger charge is -2.35. The normalized spacial score (nSPS) is 24.5. The summed E-state index contributed by atoms with van der Waals surface area (Å²) in [5.74, 6) is 0.788. The molecule has 4 N–H and O–H groups in total. The van der Waals surface area contributed by atoms with E-state index in [0.717, 1.165) is 5.56 Å². The van der Waals surface area contributed by atoms with Crippen molar-refractivity contribution in [2.24, 2.45) is 16.5 Å². The highest BCUT2D eigenvalue weighted by Crippen LogP contribution is 2.44. The van der Waals surface area contributed by atoms with Crippen LogP contribution in [0.5, 0.6) is 5.75 Å². The van der Waals surface area contributed by atoms with Gasteiger partial charge in [0.15, 0.2) is 5.17 Å². The van der Waals surface area contributed by atoms with Crippen molar-refractivity contribution in [2.75, 3.05) is 0 Å². The van der Waals surface area contributed by atoms with Crippen LogP contribution in [0, 0.1) is 11.3 Å². The van der Waals surface area contributed by atoms with Crippen LogP contribution in [0.1, 0.15) is 5.56 Å². The van der Waals surface area contributed by atoms with Gasteiger partial charge in [0.2, 0.25) is 4.93 Å². The third-order valence-corrected chi connectivity index (χ3v) is 3.89. The van der Waals surface area contributed by atoms with E-state index in [1.807, 2.05) is 30.3 Å². The summed E-state index contributed by atoms with van der Waals surface area (Å²) in [7, 11) is 0. The fourth-order valence-electron chi connectivity index (χ4n) is 2.01. The van der Waals surface area contributed by atoms with Gasteiger partial charge in [-0.1, -0.05) is 24.3 Å².